The number of amides is 1. The van der Waals surface area contributed by atoms with Crippen LogP contribution >= 0.6 is 15.9 Å². The minimum atomic E-state index is 0.0239. The number of morpholine rings is 1. The second kappa shape index (κ2) is 4.93. The molecule has 0 aromatic carbocycles. The smallest absolute Gasteiger partial charge is 0.255 e. The van der Waals surface area contributed by atoms with Gasteiger partial charge in [0.1, 0.15) is 4.60 Å². The van der Waals surface area contributed by atoms with E-state index in [1.54, 1.807) is 18.3 Å². The predicted molar refractivity (Wildman–Crippen MR) is 63.3 cm³/mol. The van der Waals surface area contributed by atoms with Crippen molar-refractivity contribution in [1.82, 2.24) is 9.88 Å². The topological polar surface area (TPSA) is 42.4 Å². The van der Waals surface area contributed by atoms with E-state index in [0.717, 1.165) is 4.60 Å². The largest absolute Gasteiger partial charge is 0.377 e. The Hall–Kier alpha value is -0.940. The van der Waals surface area contributed by atoms with Gasteiger partial charge in [0.25, 0.3) is 5.91 Å². The monoisotopic (exact) mass is 284 g/mol. The van der Waals surface area contributed by atoms with Gasteiger partial charge >= 0.3 is 0 Å². The van der Waals surface area contributed by atoms with Gasteiger partial charge in [-0.25, -0.2) is 4.98 Å². The van der Waals surface area contributed by atoms with E-state index in [2.05, 4.69) is 20.9 Å². The van der Waals surface area contributed by atoms with Gasteiger partial charge in [0.2, 0.25) is 0 Å². The molecule has 0 bridgehead atoms. The van der Waals surface area contributed by atoms with E-state index < -0.39 is 0 Å². The Morgan fingerprint density at radius 1 is 1.62 bits per heavy atom. The highest BCUT2D eigenvalue weighted by molar-refractivity contribution is 9.10. The van der Waals surface area contributed by atoms with E-state index in [1.807, 2.05) is 11.8 Å². The summed E-state index contributed by atoms with van der Waals surface area (Å²) in [5.74, 6) is 0.0239. The van der Waals surface area contributed by atoms with E-state index in [1.165, 1.54) is 0 Å². The third-order valence-corrected chi connectivity index (χ3v) is 3.07. The van der Waals surface area contributed by atoms with E-state index in [0.29, 0.717) is 25.3 Å². The Kier molecular flexibility index (Phi) is 3.56. The van der Waals surface area contributed by atoms with Crippen LogP contribution in [0.4, 0.5) is 0 Å². The number of carbonyl (C=O) groups is 1. The molecular formula is C11H13BrN2O2. The van der Waals surface area contributed by atoms with Crippen molar-refractivity contribution in [3.05, 3.63) is 28.5 Å². The lowest BCUT2D eigenvalue weighted by atomic mass is 10.2. The van der Waals surface area contributed by atoms with Gasteiger partial charge < -0.3 is 9.64 Å². The Bertz CT molecular complexity index is 380. The molecule has 16 heavy (non-hydrogen) atoms. The first kappa shape index (κ1) is 11.5. The Morgan fingerprint density at radius 2 is 2.44 bits per heavy atom. The van der Waals surface area contributed by atoms with Gasteiger partial charge in [-0.05, 0) is 35.0 Å². The molecule has 2 heterocycles. The van der Waals surface area contributed by atoms with Crippen LogP contribution in [0.3, 0.4) is 0 Å². The molecule has 1 aromatic heterocycles. The molecule has 4 nitrogen and oxygen atoms in total. The lowest BCUT2D eigenvalue weighted by molar-refractivity contribution is 0.00357. The second-order valence-corrected chi connectivity index (χ2v) is 4.60. The van der Waals surface area contributed by atoms with Gasteiger partial charge in [-0.2, -0.15) is 0 Å². The number of nitrogens with zero attached hydrogens (tertiary/aromatic N) is 2. The van der Waals surface area contributed by atoms with Crippen LogP contribution in [-0.2, 0) is 4.74 Å². The summed E-state index contributed by atoms with van der Waals surface area (Å²) in [6, 6.07) is 3.69. The lowest BCUT2D eigenvalue weighted by Gasteiger charge is -2.33. The van der Waals surface area contributed by atoms with Crippen molar-refractivity contribution in [3.8, 4) is 0 Å². The maximum Gasteiger partial charge on any atom is 0.255 e. The molecule has 0 saturated carbocycles. The molecule has 86 valence electrons. The van der Waals surface area contributed by atoms with Crippen LogP contribution in [0.1, 0.15) is 17.3 Å². The van der Waals surface area contributed by atoms with E-state index >= 15 is 0 Å². The van der Waals surface area contributed by atoms with Crippen molar-refractivity contribution >= 4 is 21.8 Å². The van der Waals surface area contributed by atoms with E-state index in [-0.39, 0.29) is 11.9 Å². The molecule has 1 fully saturated rings. The summed E-state index contributed by atoms with van der Waals surface area (Å²) in [4.78, 5) is 18.0. The molecule has 0 aliphatic carbocycles. The van der Waals surface area contributed by atoms with Crippen LogP contribution in [-0.4, -0.2) is 41.6 Å². The summed E-state index contributed by atoms with van der Waals surface area (Å²) in [6.07, 6.45) is 1.59. The van der Waals surface area contributed by atoms with Crippen molar-refractivity contribution in [3.63, 3.8) is 0 Å². The SMILES string of the molecule is C[C@@H]1COCCN1C(=O)c1ccc(Br)nc1. The number of pyridine rings is 1. The zero-order chi connectivity index (χ0) is 11.5. The van der Waals surface area contributed by atoms with Crippen LogP contribution in [0, 0.1) is 0 Å². The van der Waals surface area contributed by atoms with Crippen molar-refractivity contribution in [1.29, 1.82) is 0 Å². The number of ether oxygens (including phenoxy) is 1. The molecule has 1 saturated heterocycles. The number of hydrogen-bond donors (Lipinski definition) is 0. The summed E-state index contributed by atoms with van der Waals surface area (Å²) in [5, 5.41) is 0. The molecule has 5 heteroatoms. The van der Waals surface area contributed by atoms with Gasteiger partial charge in [0.15, 0.2) is 0 Å². The van der Waals surface area contributed by atoms with Crippen LogP contribution in [0.2, 0.25) is 0 Å². The normalized spacial score (nSPS) is 20.9. The van der Waals surface area contributed by atoms with Gasteiger partial charge in [-0.1, -0.05) is 0 Å². The van der Waals surface area contributed by atoms with Crippen LogP contribution in [0.5, 0.6) is 0 Å². The standard InChI is InChI=1S/C11H13BrN2O2/c1-8-7-16-5-4-14(8)11(15)9-2-3-10(12)13-6-9/h2-3,6,8H,4-5,7H2,1H3/t8-/m1/s1. The fraction of sp³-hybridized carbons (Fsp3) is 0.455. The minimum absolute atomic E-state index is 0.0239. The Labute approximate surface area is 103 Å². The molecule has 1 aliphatic heterocycles. The maximum atomic E-state index is 12.1. The number of aromatic nitrogens is 1. The number of hydrogen-bond acceptors (Lipinski definition) is 3. The molecule has 1 aliphatic rings. The average molecular weight is 285 g/mol. The minimum Gasteiger partial charge on any atom is -0.377 e. The molecule has 0 spiro atoms. The van der Waals surface area contributed by atoms with Gasteiger partial charge in [0, 0.05) is 12.7 Å². The molecule has 1 aromatic rings. The summed E-state index contributed by atoms with van der Waals surface area (Å²) >= 11 is 3.25. The fourth-order valence-corrected chi connectivity index (χ4v) is 1.93. The van der Waals surface area contributed by atoms with Gasteiger partial charge in [-0.15, -0.1) is 0 Å². The molecule has 0 N–H and O–H groups in total. The van der Waals surface area contributed by atoms with Gasteiger partial charge in [-0.3, -0.25) is 4.79 Å². The lowest BCUT2D eigenvalue weighted by Crippen LogP contribution is -2.47. The third kappa shape index (κ3) is 2.41. The van der Waals surface area contributed by atoms with E-state index in [9.17, 15) is 4.79 Å². The van der Waals surface area contributed by atoms with E-state index in [4.69, 9.17) is 4.74 Å². The molecule has 1 amide bonds. The Morgan fingerprint density at radius 3 is 3.06 bits per heavy atom. The molecule has 0 radical (unpaired) electrons. The first-order valence-electron chi connectivity index (χ1n) is 5.19. The zero-order valence-corrected chi connectivity index (χ0v) is 10.6. The molecule has 1 atom stereocenters. The number of halogens is 1. The highest BCUT2D eigenvalue weighted by Crippen LogP contribution is 2.13. The van der Waals surface area contributed by atoms with Crippen molar-refractivity contribution in [2.75, 3.05) is 19.8 Å². The van der Waals surface area contributed by atoms with Crippen molar-refractivity contribution < 1.29 is 9.53 Å². The van der Waals surface area contributed by atoms with Crippen LogP contribution in [0.15, 0.2) is 22.9 Å². The maximum absolute atomic E-state index is 12.1. The average Bonchev–Trinajstić information content (AvgIpc) is 2.30. The summed E-state index contributed by atoms with van der Waals surface area (Å²) in [7, 11) is 0. The molecule has 2 rings (SSSR count). The summed E-state index contributed by atoms with van der Waals surface area (Å²) < 4.78 is 6.04. The zero-order valence-electron chi connectivity index (χ0n) is 9.02. The van der Waals surface area contributed by atoms with Crippen molar-refractivity contribution in [2.45, 2.75) is 13.0 Å². The quantitative estimate of drug-likeness (QED) is 0.738. The summed E-state index contributed by atoms with van der Waals surface area (Å²) in [5.41, 5.74) is 0.622. The highest BCUT2D eigenvalue weighted by Gasteiger charge is 2.24. The van der Waals surface area contributed by atoms with Crippen molar-refractivity contribution in [2.24, 2.45) is 0 Å². The number of carbonyl (C=O) groups excluding carboxylic acids is 1. The fourth-order valence-electron chi connectivity index (χ4n) is 1.70. The number of rotatable bonds is 1. The molecule has 0 unspecified atom stereocenters. The van der Waals surface area contributed by atoms with Gasteiger partial charge in [0.05, 0.1) is 24.8 Å². The Balaban J connectivity index is 2.14. The molecular weight excluding hydrogens is 272 g/mol. The predicted octanol–water partition coefficient (Wildman–Crippen LogP) is 1.70. The van der Waals surface area contributed by atoms with Crippen LogP contribution < -0.4 is 0 Å². The summed E-state index contributed by atoms with van der Waals surface area (Å²) in [6.45, 7) is 3.86. The first-order chi connectivity index (χ1) is 7.68. The highest BCUT2D eigenvalue weighted by atomic mass is 79.9. The van der Waals surface area contributed by atoms with Crippen LogP contribution in [0.25, 0.3) is 0 Å². The third-order valence-electron chi connectivity index (χ3n) is 2.60. The second-order valence-electron chi connectivity index (χ2n) is 3.79. The first-order valence-corrected chi connectivity index (χ1v) is 5.98.